The topological polar surface area (TPSA) is 44.4 Å². The first-order chi connectivity index (χ1) is 9.70. The van der Waals surface area contributed by atoms with E-state index in [1.54, 1.807) is 7.05 Å². The number of carbonyl (C=O) groups is 1. The van der Waals surface area contributed by atoms with Crippen LogP contribution >= 0.6 is 0 Å². The van der Waals surface area contributed by atoms with Gasteiger partial charge in [0.15, 0.2) is 0 Å². The number of likely N-dealkylation sites (N-methyl/N-ethyl adjacent to an activating group) is 1. The van der Waals surface area contributed by atoms with Gasteiger partial charge in [-0.15, -0.1) is 0 Å². The molecule has 1 aromatic carbocycles. The first-order valence-electron chi connectivity index (χ1n) is 7.49. The van der Waals surface area contributed by atoms with Gasteiger partial charge in [-0.25, -0.2) is 0 Å². The molecule has 1 aromatic rings. The van der Waals surface area contributed by atoms with Gasteiger partial charge in [0.2, 0.25) is 5.91 Å². The second-order valence-corrected chi connectivity index (χ2v) is 5.46. The van der Waals surface area contributed by atoms with Crippen LogP contribution in [0.1, 0.15) is 37.8 Å². The Morgan fingerprint density at radius 3 is 2.45 bits per heavy atom. The highest BCUT2D eigenvalue weighted by molar-refractivity contribution is 5.78. The predicted octanol–water partition coefficient (Wildman–Crippen LogP) is 2.07. The first-order valence-corrected chi connectivity index (χ1v) is 7.49. The quantitative estimate of drug-likeness (QED) is 0.864. The van der Waals surface area contributed by atoms with Gasteiger partial charge in [-0.3, -0.25) is 4.79 Å². The van der Waals surface area contributed by atoms with Gasteiger partial charge in [0.25, 0.3) is 0 Å². The van der Waals surface area contributed by atoms with Gasteiger partial charge in [0, 0.05) is 18.8 Å². The van der Waals surface area contributed by atoms with Crippen molar-refractivity contribution in [1.82, 2.24) is 10.6 Å². The maximum Gasteiger partial charge on any atom is 0.234 e. The fourth-order valence-corrected chi connectivity index (χ4v) is 2.66. The van der Waals surface area contributed by atoms with Gasteiger partial charge in [-0.2, -0.15) is 0 Å². The molecule has 2 N–H and O–H groups in total. The van der Waals surface area contributed by atoms with Crippen LogP contribution in [0.4, 0.5) is 5.69 Å². The van der Waals surface area contributed by atoms with Gasteiger partial charge >= 0.3 is 0 Å². The second-order valence-electron chi connectivity index (χ2n) is 5.46. The lowest BCUT2D eigenvalue weighted by Crippen LogP contribution is -2.34. The summed E-state index contributed by atoms with van der Waals surface area (Å²) in [6.45, 7) is 4.70. The maximum absolute atomic E-state index is 11.6. The van der Waals surface area contributed by atoms with Crippen LogP contribution < -0.4 is 15.5 Å². The number of amides is 1. The van der Waals surface area contributed by atoms with Crippen LogP contribution in [0, 0.1) is 0 Å². The molecule has 110 valence electrons. The van der Waals surface area contributed by atoms with E-state index in [-0.39, 0.29) is 11.9 Å². The number of nitrogens with zero attached hydrogens (tertiary/aromatic N) is 1. The minimum Gasteiger partial charge on any atom is -0.372 e. The van der Waals surface area contributed by atoms with E-state index < -0.39 is 0 Å². The Kier molecular flexibility index (Phi) is 5.41. The van der Waals surface area contributed by atoms with Crippen LogP contribution in [0.15, 0.2) is 24.3 Å². The van der Waals surface area contributed by atoms with Crippen molar-refractivity contribution >= 4 is 11.6 Å². The van der Waals surface area contributed by atoms with Crippen LogP contribution in [-0.2, 0) is 4.79 Å². The maximum atomic E-state index is 11.6. The molecule has 4 nitrogen and oxygen atoms in total. The molecule has 1 amide bonds. The third-order valence-corrected chi connectivity index (χ3v) is 3.83. The molecule has 2 rings (SSSR count). The highest BCUT2D eigenvalue weighted by atomic mass is 16.1. The summed E-state index contributed by atoms with van der Waals surface area (Å²) in [6.07, 6.45) is 3.93. The number of rotatable bonds is 5. The Balaban J connectivity index is 1.94. The Morgan fingerprint density at radius 2 is 1.85 bits per heavy atom. The highest BCUT2D eigenvalue weighted by Crippen LogP contribution is 2.22. The van der Waals surface area contributed by atoms with Gasteiger partial charge < -0.3 is 15.5 Å². The number of hydrogen-bond acceptors (Lipinski definition) is 3. The van der Waals surface area contributed by atoms with Crippen molar-refractivity contribution in [1.29, 1.82) is 0 Å². The highest BCUT2D eigenvalue weighted by Gasteiger charge is 2.12. The molecule has 0 radical (unpaired) electrons. The largest absolute Gasteiger partial charge is 0.372 e. The van der Waals surface area contributed by atoms with Crippen molar-refractivity contribution in [2.24, 2.45) is 0 Å². The van der Waals surface area contributed by atoms with Crippen molar-refractivity contribution in [3.8, 4) is 0 Å². The molecule has 0 aliphatic carbocycles. The van der Waals surface area contributed by atoms with E-state index >= 15 is 0 Å². The lowest BCUT2D eigenvalue weighted by molar-refractivity contribution is -0.120. The Morgan fingerprint density at radius 1 is 1.20 bits per heavy atom. The van der Waals surface area contributed by atoms with Crippen LogP contribution in [-0.4, -0.2) is 32.6 Å². The van der Waals surface area contributed by atoms with E-state index in [4.69, 9.17) is 0 Å². The molecule has 20 heavy (non-hydrogen) atoms. The smallest absolute Gasteiger partial charge is 0.234 e. The molecule has 1 heterocycles. The molecule has 1 aliphatic heterocycles. The molecule has 0 unspecified atom stereocenters. The van der Waals surface area contributed by atoms with Crippen LogP contribution in [0.5, 0.6) is 0 Å². The van der Waals surface area contributed by atoms with E-state index in [1.165, 1.54) is 24.9 Å². The van der Waals surface area contributed by atoms with Crippen molar-refractivity contribution < 1.29 is 4.79 Å². The molecule has 1 aliphatic rings. The van der Waals surface area contributed by atoms with Gasteiger partial charge in [-0.1, -0.05) is 12.1 Å². The lowest BCUT2D eigenvalue weighted by Gasteiger charge is -2.29. The zero-order chi connectivity index (χ0) is 14.4. The zero-order valence-electron chi connectivity index (χ0n) is 12.5. The third kappa shape index (κ3) is 3.97. The molecule has 0 saturated carbocycles. The number of benzene rings is 1. The van der Waals surface area contributed by atoms with Crippen LogP contribution in [0.25, 0.3) is 0 Å². The SMILES string of the molecule is CNCC(=O)N[C@@H](C)c1ccc(N2CCCCC2)cc1. The van der Waals surface area contributed by atoms with Crippen LogP contribution in [0.3, 0.4) is 0 Å². The summed E-state index contributed by atoms with van der Waals surface area (Å²) in [5.74, 6) is 0.0279. The van der Waals surface area contributed by atoms with E-state index in [2.05, 4.69) is 39.8 Å². The molecule has 0 aromatic heterocycles. The average Bonchev–Trinajstić information content (AvgIpc) is 2.48. The normalized spacial score (nSPS) is 16.8. The number of hydrogen-bond donors (Lipinski definition) is 2. The van der Waals surface area contributed by atoms with Gasteiger partial charge in [0.05, 0.1) is 12.6 Å². The van der Waals surface area contributed by atoms with Crippen LogP contribution in [0.2, 0.25) is 0 Å². The van der Waals surface area contributed by atoms with Gasteiger partial charge in [-0.05, 0) is 50.9 Å². The molecular weight excluding hydrogens is 250 g/mol. The summed E-state index contributed by atoms with van der Waals surface area (Å²) >= 11 is 0. The molecule has 4 heteroatoms. The van der Waals surface area contributed by atoms with E-state index in [0.717, 1.165) is 18.7 Å². The second kappa shape index (κ2) is 7.29. The van der Waals surface area contributed by atoms with E-state index in [9.17, 15) is 4.79 Å². The van der Waals surface area contributed by atoms with E-state index in [0.29, 0.717) is 6.54 Å². The monoisotopic (exact) mass is 275 g/mol. The summed E-state index contributed by atoms with van der Waals surface area (Å²) in [4.78, 5) is 14.0. The fraction of sp³-hybridized carbons (Fsp3) is 0.562. The summed E-state index contributed by atoms with van der Waals surface area (Å²) in [5, 5.41) is 5.84. The molecular formula is C16H25N3O. The first kappa shape index (κ1) is 14.9. The molecule has 0 bridgehead atoms. The van der Waals surface area contributed by atoms with Gasteiger partial charge in [0.1, 0.15) is 0 Å². The zero-order valence-corrected chi connectivity index (χ0v) is 12.5. The number of nitrogens with one attached hydrogen (secondary N) is 2. The molecule has 1 fully saturated rings. The summed E-state index contributed by atoms with van der Waals surface area (Å²) in [7, 11) is 1.78. The number of piperidine rings is 1. The summed E-state index contributed by atoms with van der Waals surface area (Å²) < 4.78 is 0. The Labute approximate surface area is 121 Å². The third-order valence-electron chi connectivity index (χ3n) is 3.83. The van der Waals surface area contributed by atoms with Crippen molar-refractivity contribution in [2.75, 3.05) is 31.6 Å². The van der Waals surface area contributed by atoms with Crippen molar-refractivity contribution in [2.45, 2.75) is 32.2 Å². The summed E-state index contributed by atoms with van der Waals surface area (Å²) in [6, 6.07) is 8.62. The minimum atomic E-state index is 0.0279. The number of anilines is 1. The molecule has 1 atom stereocenters. The Bertz CT molecular complexity index is 424. The lowest BCUT2D eigenvalue weighted by atomic mass is 10.1. The standard InChI is InChI=1S/C16H25N3O/c1-13(18-16(20)12-17-2)14-6-8-15(9-7-14)19-10-4-3-5-11-19/h6-9,13,17H,3-5,10-12H2,1-2H3,(H,18,20)/t13-/m0/s1. The predicted molar refractivity (Wildman–Crippen MR) is 83.0 cm³/mol. The Hall–Kier alpha value is -1.55. The van der Waals surface area contributed by atoms with E-state index in [1.807, 2.05) is 6.92 Å². The summed E-state index contributed by atoms with van der Waals surface area (Å²) in [5.41, 5.74) is 2.44. The average molecular weight is 275 g/mol. The molecule has 1 saturated heterocycles. The fourth-order valence-electron chi connectivity index (χ4n) is 2.66. The molecule has 0 spiro atoms. The van der Waals surface area contributed by atoms with Crippen molar-refractivity contribution in [3.63, 3.8) is 0 Å². The minimum absolute atomic E-state index is 0.0279. The van der Waals surface area contributed by atoms with Crippen molar-refractivity contribution in [3.05, 3.63) is 29.8 Å². The number of carbonyl (C=O) groups excluding carboxylic acids is 1.